The summed E-state index contributed by atoms with van der Waals surface area (Å²) in [6, 6.07) is 0. The molecule has 0 aliphatic rings. The number of hydrogen-bond donors (Lipinski definition) is 0. The highest BCUT2D eigenvalue weighted by molar-refractivity contribution is 5.71. The standard InChI is InChI=1S/C68H118O6/c1-4-7-10-13-16-19-22-24-26-28-30-31-32-33-34-35-36-37-38-40-41-43-46-49-52-55-58-61-67(70)73-64-65(63-72-66(69)60-57-54-51-48-45-21-18-15-12-9-6-3)74-68(71)62-59-56-53-50-47-44-42-39-29-27-25-23-20-17-14-11-8-5-2/h7,10,15-16,18-20,23-24,26-27,29-31,65H,4-6,8-9,11-14,17,21-22,25,28,32-64H2,1-3H3/b10-7-,18-15-,19-16-,23-20-,26-24-,29-27-,31-30-. The predicted molar refractivity (Wildman–Crippen MR) is 321 cm³/mol. The van der Waals surface area contributed by atoms with Gasteiger partial charge in [-0.15, -0.1) is 0 Å². The van der Waals surface area contributed by atoms with E-state index in [-0.39, 0.29) is 31.1 Å². The van der Waals surface area contributed by atoms with Gasteiger partial charge in [0.25, 0.3) is 0 Å². The van der Waals surface area contributed by atoms with E-state index < -0.39 is 6.10 Å². The van der Waals surface area contributed by atoms with Crippen LogP contribution >= 0.6 is 0 Å². The highest BCUT2D eigenvalue weighted by Gasteiger charge is 2.19. The third-order valence-corrected chi connectivity index (χ3v) is 13.6. The number of allylic oxidation sites excluding steroid dienone is 14. The fraction of sp³-hybridized carbons (Fsp3) is 0.750. The number of esters is 3. The predicted octanol–water partition coefficient (Wildman–Crippen LogP) is 21.5. The van der Waals surface area contributed by atoms with Crippen LogP contribution in [0, 0.1) is 0 Å². The third-order valence-electron chi connectivity index (χ3n) is 13.6. The van der Waals surface area contributed by atoms with Crippen molar-refractivity contribution in [1.29, 1.82) is 0 Å². The fourth-order valence-corrected chi connectivity index (χ4v) is 8.86. The zero-order valence-corrected chi connectivity index (χ0v) is 48.8. The zero-order chi connectivity index (χ0) is 53.6. The minimum absolute atomic E-state index is 0.0809. The number of carbonyl (C=O) groups is 3. The van der Waals surface area contributed by atoms with E-state index in [1.165, 1.54) is 167 Å². The van der Waals surface area contributed by atoms with Gasteiger partial charge in [0.05, 0.1) is 0 Å². The van der Waals surface area contributed by atoms with Crippen molar-refractivity contribution < 1.29 is 28.6 Å². The Morgan fingerprint density at radius 3 is 0.878 bits per heavy atom. The molecule has 426 valence electrons. The van der Waals surface area contributed by atoms with Crippen LogP contribution in [0.25, 0.3) is 0 Å². The summed E-state index contributed by atoms with van der Waals surface area (Å²) in [6.45, 7) is 6.48. The Morgan fingerprint density at radius 1 is 0.284 bits per heavy atom. The molecular formula is C68H118O6. The molecule has 0 aromatic carbocycles. The van der Waals surface area contributed by atoms with Gasteiger partial charge in [-0.1, -0.05) is 266 Å². The van der Waals surface area contributed by atoms with E-state index in [9.17, 15) is 14.4 Å². The van der Waals surface area contributed by atoms with Crippen LogP contribution in [0.15, 0.2) is 85.1 Å². The van der Waals surface area contributed by atoms with Gasteiger partial charge >= 0.3 is 17.9 Å². The molecule has 6 nitrogen and oxygen atoms in total. The molecule has 0 radical (unpaired) electrons. The molecule has 74 heavy (non-hydrogen) atoms. The van der Waals surface area contributed by atoms with Crippen molar-refractivity contribution in [3.05, 3.63) is 85.1 Å². The van der Waals surface area contributed by atoms with Crippen LogP contribution in [0.4, 0.5) is 0 Å². The van der Waals surface area contributed by atoms with E-state index >= 15 is 0 Å². The topological polar surface area (TPSA) is 78.9 Å². The van der Waals surface area contributed by atoms with Gasteiger partial charge < -0.3 is 14.2 Å². The molecule has 0 spiro atoms. The first kappa shape index (κ1) is 70.6. The monoisotopic (exact) mass is 1030 g/mol. The number of unbranched alkanes of at least 4 members (excludes halogenated alkanes) is 32. The normalized spacial score (nSPS) is 12.6. The summed E-state index contributed by atoms with van der Waals surface area (Å²) in [7, 11) is 0. The molecule has 0 N–H and O–H groups in total. The number of hydrogen-bond acceptors (Lipinski definition) is 6. The smallest absolute Gasteiger partial charge is 0.306 e. The summed E-state index contributed by atoms with van der Waals surface area (Å²) in [5.41, 5.74) is 0. The van der Waals surface area contributed by atoms with Gasteiger partial charge in [-0.05, 0) is 109 Å². The summed E-state index contributed by atoms with van der Waals surface area (Å²) in [6.07, 6.45) is 81.6. The lowest BCUT2D eigenvalue weighted by molar-refractivity contribution is -0.167. The van der Waals surface area contributed by atoms with Gasteiger partial charge in [-0.25, -0.2) is 0 Å². The van der Waals surface area contributed by atoms with Crippen molar-refractivity contribution in [3.8, 4) is 0 Å². The Morgan fingerprint density at radius 2 is 0.541 bits per heavy atom. The molecule has 0 rings (SSSR count). The number of ether oxygens (including phenoxy) is 3. The van der Waals surface area contributed by atoms with E-state index in [1.54, 1.807) is 0 Å². The van der Waals surface area contributed by atoms with Crippen molar-refractivity contribution in [1.82, 2.24) is 0 Å². The summed E-state index contributed by atoms with van der Waals surface area (Å²) < 4.78 is 16.9. The molecule has 0 aromatic heterocycles. The lowest BCUT2D eigenvalue weighted by atomic mass is 10.0. The van der Waals surface area contributed by atoms with Crippen LogP contribution < -0.4 is 0 Å². The van der Waals surface area contributed by atoms with Gasteiger partial charge in [0.2, 0.25) is 0 Å². The first-order chi connectivity index (χ1) is 36.5. The molecular weight excluding hydrogens is 913 g/mol. The van der Waals surface area contributed by atoms with Crippen LogP contribution in [0.3, 0.4) is 0 Å². The largest absolute Gasteiger partial charge is 0.462 e. The molecule has 0 aliphatic heterocycles. The van der Waals surface area contributed by atoms with Gasteiger partial charge in [-0.2, -0.15) is 0 Å². The minimum atomic E-state index is -0.784. The van der Waals surface area contributed by atoms with Crippen molar-refractivity contribution in [2.45, 2.75) is 316 Å². The summed E-state index contributed by atoms with van der Waals surface area (Å²) in [5, 5.41) is 0. The van der Waals surface area contributed by atoms with Gasteiger partial charge in [0.15, 0.2) is 6.10 Å². The maximum Gasteiger partial charge on any atom is 0.306 e. The average molecular weight is 1030 g/mol. The lowest BCUT2D eigenvalue weighted by Gasteiger charge is -2.18. The molecule has 6 heteroatoms. The summed E-state index contributed by atoms with van der Waals surface area (Å²) >= 11 is 0. The second kappa shape index (κ2) is 62.1. The second-order valence-corrected chi connectivity index (χ2v) is 20.9. The molecule has 0 heterocycles. The maximum atomic E-state index is 12.9. The Balaban J connectivity index is 4.24. The van der Waals surface area contributed by atoms with Crippen LogP contribution in [0.1, 0.15) is 310 Å². The number of carbonyl (C=O) groups excluding carboxylic acids is 3. The van der Waals surface area contributed by atoms with Crippen molar-refractivity contribution >= 4 is 17.9 Å². The van der Waals surface area contributed by atoms with Crippen molar-refractivity contribution in [3.63, 3.8) is 0 Å². The summed E-state index contributed by atoms with van der Waals surface area (Å²) in [4.78, 5) is 38.2. The highest BCUT2D eigenvalue weighted by atomic mass is 16.6. The molecule has 0 bridgehead atoms. The molecule has 1 unspecified atom stereocenters. The van der Waals surface area contributed by atoms with Gasteiger partial charge in [-0.3, -0.25) is 14.4 Å². The molecule has 0 fully saturated rings. The molecule has 0 aliphatic carbocycles. The quantitative estimate of drug-likeness (QED) is 0.0261. The SMILES string of the molecule is CC/C=C\C/C=C\C/C=C\C/C=C\CCCCCCCCCCCCCCCCC(=O)OCC(COC(=O)CCCCCCC/C=C\CCCC)OC(=O)CCCCCCCCC/C=C\C/C=C\CCCCCC. The zero-order valence-electron chi connectivity index (χ0n) is 48.8. The van der Waals surface area contributed by atoms with E-state index in [1.807, 2.05) is 0 Å². The Bertz CT molecular complexity index is 1420. The first-order valence-electron chi connectivity index (χ1n) is 31.6. The van der Waals surface area contributed by atoms with E-state index in [2.05, 4.69) is 106 Å². The molecule has 1 atom stereocenters. The Hall–Kier alpha value is -3.41. The Labute approximate surface area is 458 Å². The second-order valence-electron chi connectivity index (χ2n) is 20.9. The van der Waals surface area contributed by atoms with Crippen molar-refractivity contribution in [2.75, 3.05) is 13.2 Å². The Kier molecular flexibility index (Phi) is 59.3. The van der Waals surface area contributed by atoms with E-state index in [0.29, 0.717) is 19.3 Å². The molecule has 0 amide bonds. The minimum Gasteiger partial charge on any atom is -0.462 e. The third kappa shape index (κ3) is 59.5. The van der Waals surface area contributed by atoms with Gasteiger partial charge in [0.1, 0.15) is 13.2 Å². The van der Waals surface area contributed by atoms with E-state index in [0.717, 1.165) is 103 Å². The fourth-order valence-electron chi connectivity index (χ4n) is 8.86. The lowest BCUT2D eigenvalue weighted by Crippen LogP contribution is -2.30. The molecule has 0 saturated carbocycles. The molecule has 0 aromatic rings. The van der Waals surface area contributed by atoms with Crippen LogP contribution in [-0.4, -0.2) is 37.2 Å². The van der Waals surface area contributed by atoms with E-state index in [4.69, 9.17) is 14.2 Å². The van der Waals surface area contributed by atoms with Crippen LogP contribution in [-0.2, 0) is 28.6 Å². The molecule has 0 saturated heterocycles. The highest BCUT2D eigenvalue weighted by Crippen LogP contribution is 2.16. The van der Waals surface area contributed by atoms with Crippen LogP contribution in [0.2, 0.25) is 0 Å². The first-order valence-corrected chi connectivity index (χ1v) is 31.6. The maximum absolute atomic E-state index is 12.9. The van der Waals surface area contributed by atoms with Gasteiger partial charge in [0, 0.05) is 19.3 Å². The van der Waals surface area contributed by atoms with Crippen molar-refractivity contribution in [2.24, 2.45) is 0 Å². The van der Waals surface area contributed by atoms with Crippen LogP contribution in [0.5, 0.6) is 0 Å². The average Bonchev–Trinajstić information content (AvgIpc) is 3.40. The number of rotatable bonds is 57. The summed E-state index contributed by atoms with van der Waals surface area (Å²) in [5.74, 6) is -0.889.